The zero-order valence-electron chi connectivity index (χ0n) is 13.7. The van der Waals surface area contributed by atoms with Crippen molar-refractivity contribution >= 4 is 17.2 Å². The van der Waals surface area contributed by atoms with Gasteiger partial charge in [0.2, 0.25) is 0 Å². The number of carbonyl (C=O) groups is 1. The molecule has 2 aromatic heterocycles. The van der Waals surface area contributed by atoms with E-state index in [1.807, 2.05) is 31.2 Å². The van der Waals surface area contributed by atoms with Gasteiger partial charge in [-0.25, -0.2) is 4.98 Å². The van der Waals surface area contributed by atoms with Crippen molar-refractivity contribution in [3.63, 3.8) is 0 Å². The Morgan fingerprint density at radius 2 is 2.16 bits per heavy atom. The van der Waals surface area contributed by atoms with Gasteiger partial charge >= 0.3 is 0 Å². The second kappa shape index (κ2) is 6.64. The van der Waals surface area contributed by atoms with E-state index in [-0.39, 0.29) is 12.0 Å². The van der Waals surface area contributed by atoms with Crippen LogP contribution in [0.4, 0.5) is 0 Å². The predicted octanol–water partition coefficient (Wildman–Crippen LogP) is 3.25. The Morgan fingerprint density at radius 1 is 1.32 bits per heavy atom. The molecule has 3 heterocycles. The highest BCUT2D eigenvalue weighted by Crippen LogP contribution is 2.38. The lowest BCUT2D eigenvalue weighted by Gasteiger charge is -2.13. The Hall–Kier alpha value is -2.73. The van der Waals surface area contributed by atoms with Crippen molar-refractivity contribution in [3.05, 3.63) is 64.4 Å². The van der Waals surface area contributed by atoms with Gasteiger partial charge in [0.05, 0.1) is 11.6 Å². The van der Waals surface area contributed by atoms with Crippen molar-refractivity contribution in [3.8, 4) is 16.9 Å². The summed E-state index contributed by atoms with van der Waals surface area (Å²) in [6.07, 6.45) is 4.26. The van der Waals surface area contributed by atoms with Crippen LogP contribution in [0.25, 0.3) is 11.1 Å². The molecular weight excluding hydrogens is 334 g/mol. The number of fused-ring (bicyclic) bond motifs is 1. The van der Waals surface area contributed by atoms with Crippen LogP contribution in [0.3, 0.4) is 0 Å². The highest BCUT2D eigenvalue weighted by Gasteiger charge is 2.26. The summed E-state index contributed by atoms with van der Waals surface area (Å²) in [6.45, 7) is 2.35. The fraction of sp³-hybridized carbons (Fsp3) is 0.211. The quantitative estimate of drug-likeness (QED) is 0.784. The molecule has 5 nitrogen and oxygen atoms in total. The van der Waals surface area contributed by atoms with Crippen LogP contribution < -0.4 is 10.1 Å². The summed E-state index contributed by atoms with van der Waals surface area (Å²) in [7, 11) is 0. The molecular formula is C19H17N3O2S. The Balaban J connectivity index is 1.46. The summed E-state index contributed by atoms with van der Waals surface area (Å²) >= 11 is 1.47. The first-order valence-corrected chi connectivity index (χ1v) is 8.98. The van der Waals surface area contributed by atoms with Crippen molar-refractivity contribution in [1.29, 1.82) is 0 Å². The molecule has 6 heteroatoms. The average molecular weight is 351 g/mol. The molecule has 0 spiro atoms. The zero-order valence-corrected chi connectivity index (χ0v) is 14.5. The standard InChI is InChI=1S/C19H17N3O2S/c1-12-22-17(11-25-12)19(23)21-10-15-9-14-3-2-4-16(18(14)24-15)13-5-7-20-8-6-13/h2-8,11,15H,9-10H2,1H3,(H,21,23). The Morgan fingerprint density at radius 3 is 2.92 bits per heavy atom. The molecule has 0 aliphatic carbocycles. The second-order valence-corrected chi connectivity index (χ2v) is 7.00. The maximum Gasteiger partial charge on any atom is 0.270 e. The Kier molecular flexibility index (Phi) is 4.19. The monoisotopic (exact) mass is 351 g/mol. The number of thiazole rings is 1. The van der Waals surface area contributed by atoms with Gasteiger partial charge in [-0.1, -0.05) is 18.2 Å². The van der Waals surface area contributed by atoms with Gasteiger partial charge in [0.25, 0.3) is 5.91 Å². The molecule has 1 aromatic carbocycles. The summed E-state index contributed by atoms with van der Waals surface area (Å²) in [5.41, 5.74) is 3.77. The van der Waals surface area contributed by atoms with E-state index in [2.05, 4.69) is 21.4 Å². The molecule has 126 valence electrons. The van der Waals surface area contributed by atoms with Crippen molar-refractivity contribution in [2.24, 2.45) is 0 Å². The minimum atomic E-state index is -0.154. The number of hydrogen-bond donors (Lipinski definition) is 1. The number of carbonyl (C=O) groups excluding carboxylic acids is 1. The number of benzene rings is 1. The molecule has 1 amide bonds. The Labute approximate surface area is 149 Å². The van der Waals surface area contributed by atoms with E-state index in [0.717, 1.165) is 33.9 Å². The molecule has 1 aliphatic heterocycles. The smallest absolute Gasteiger partial charge is 0.270 e. The van der Waals surface area contributed by atoms with Crippen LogP contribution in [0.15, 0.2) is 48.1 Å². The van der Waals surface area contributed by atoms with E-state index in [4.69, 9.17) is 4.74 Å². The van der Waals surface area contributed by atoms with Crippen molar-refractivity contribution < 1.29 is 9.53 Å². The number of hydrogen-bond acceptors (Lipinski definition) is 5. The highest BCUT2D eigenvalue weighted by molar-refractivity contribution is 7.09. The van der Waals surface area contributed by atoms with Crippen molar-refractivity contribution in [1.82, 2.24) is 15.3 Å². The van der Waals surface area contributed by atoms with Gasteiger partial charge < -0.3 is 10.1 Å². The van der Waals surface area contributed by atoms with Crippen LogP contribution in [0.1, 0.15) is 21.1 Å². The first-order chi connectivity index (χ1) is 12.2. The average Bonchev–Trinajstić information content (AvgIpc) is 3.26. The maximum absolute atomic E-state index is 12.1. The lowest BCUT2D eigenvalue weighted by molar-refractivity contribution is 0.0929. The molecule has 0 saturated heterocycles. The lowest BCUT2D eigenvalue weighted by atomic mass is 10.0. The fourth-order valence-electron chi connectivity index (χ4n) is 2.98. The molecule has 0 bridgehead atoms. The molecule has 1 atom stereocenters. The van der Waals surface area contributed by atoms with E-state index >= 15 is 0 Å². The number of ether oxygens (including phenoxy) is 1. The summed E-state index contributed by atoms with van der Waals surface area (Å²) in [4.78, 5) is 20.4. The van der Waals surface area contributed by atoms with E-state index in [9.17, 15) is 4.79 Å². The summed E-state index contributed by atoms with van der Waals surface area (Å²) in [5.74, 6) is 0.746. The van der Waals surface area contributed by atoms with Gasteiger partial charge in [0.1, 0.15) is 17.5 Å². The second-order valence-electron chi connectivity index (χ2n) is 5.94. The normalized spacial score (nSPS) is 15.5. The highest BCUT2D eigenvalue weighted by atomic mass is 32.1. The molecule has 0 saturated carbocycles. The largest absolute Gasteiger partial charge is 0.487 e. The van der Waals surface area contributed by atoms with Gasteiger partial charge in [0, 0.05) is 29.8 Å². The third-order valence-corrected chi connectivity index (χ3v) is 4.94. The van der Waals surface area contributed by atoms with E-state index in [1.54, 1.807) is 17.8 Å². The van der Waals surface area contributed by atoms with Crippen LogP contribution in [0.5, 0.6) is 5.75 Å². The van der Waals surface area contributed by atoms with Gasteiger partial charge in [0.15, 0.2) is 0 Å². The number of pyridine rings is 1. The third-order valence-electron chi connectivity index (χ3n) is 4.16. The van der Waals surface area contributed by atoms with Gasteiger partial charge in [-0.2, -0.15) is 0 Å². The van der Waals surface area contributed by atoms with E-state index < -0.39 is 0 Å². The number of nitrogens with one attached hydrogen (secondary N) is 1. The molecule has 0 radical (unpaired) electrons. The van der Waals surface area contributed by atoms with Gasteiger partial charge in [-0.3, -0.25) is 9.78 Å². The van der Waals surface area contributed by atoms with Crippen LogP contribution in [0.2, 0.25) is 0 Å². The molecule has 4 rings (SSSR count). The van der Waals surface area contributed by atoms with Crippen LogP contribution in [-0.2, 0) is 6.42 Å². The SMILES string of the molecule is Cc1nc(C(=O)NCC2Cc3cccc(-c4ccncc4)c3O2)cs1. The number of aryl methyl sites for hydroxylation is 1. The summed E-state index contributed by atoms with van der Waals surface area (Å²) in [6, 6.07) is 10.1. The number of amides is 1. The first-order valence-electron chi connectivity index (χ1n) is 8.10. The number of rotatable bonds is 4. The number of aromatic nitrogens is 2. The minimum Gasteiger partial charge on any atom is -0.487 e. The molecule has 3 aromatic rings. The molecule has 25 heavy (non-hydrogen) atoms. The summed E-state index contributed by atoms with van der Waals surface area (Å²) < 4.78 is 6.13. The van der Waals surface area contributed by atoms with Crippen LogP contribution >= 0.6 is 11.3 Å². The predicted molar refractivity (Wildman–Crippen MR) is 97.0 cm³/mol. The van der Waals surface area contributed by atoms with E-state index in [1.165, 1.54) is 11.3 Å². The molecule has 1 aliphatic rings. The molecule has 1 unspecified atom stereocenters. The minimum absolute atomic E-state index is 0.0679. The molecule has 1 N–H and O–H groups in total. The van der Waals surface area contributed by atoms with Crippen molar-refractivity contribution in [2.75, 3.05) is 6.54 Å². The van der Waals surface area contributed by atoms with E-state index in [0.29, 0.717) is 12.2 Å². The maximum atomic E-state index is 12.1. The number of para-hydroxylation sites is 1. The Bertz CT molecular complexity index is 908. The third kappa shape index (κ3) is 3.25. The summed E-state index contributed by atoms with van der Waals surface area (Å²) in [5, 5.41) is 5.58. The van der Waals surface area contributed by atoms with Gasteiger partial charge in [-0.15, -0.1) is 11.3 Å². The lowest BCUT2D eigenvalue weighted by Crippen LogP contribution is -2.34. The fourth-order valence-corrected chi connectivity index (χ4v) is 3.57. The first kappa shape index (κ1) is 15.8. The molecule has 0 fully saturated rings. The van der Waals surface area contributed by atoms with Crippen LogP contribution in [0, 0.1) is 6.92 Å². The zero-order chi connectivity index (χ0) is 17.2. The van der Waals surface area contributed by atoms with Gasteiger partial charge in [-0.05, 0) is 30.2 Å². The van der Waals surface area contributed by atoms with Crippen molar-refractivity contribution in [2.45, 2.75) is 19.4 Å². The topological polar surface area (TPSA) is 64.1 Å². The number of nitrogens with zero attached hydrogens (tertiary/aromatic N) is 2. The van der Waals surface area contributed by atoms with Crippen LogP contribution in [-0.4, -0.2) is 28.5 Å².